The monoisotopic (exact) mass is 454 g/mol. The Morgan fingerprint density at radius 1 is 1.00 bits per heavy atom. The van der Waals surface area contributed by atoms with Crippen LogP contribution in [0, 0.1) is 12.8 Å². The number of carbonyl (C=O) groups excluding carboxylic acids is 2. The van der Waals surface area contributed by atoms with Crippen molar-refractivity contribution < 1.29 is 14.3 Å². The fourth-order valence-corrected chi connectivity index (χ4v) is 3.81. The van der Waals surface area contributed by atoms with Gasteiger partial charge in [-0.05, 0) is 55.5 Å². The lowest BCUT2D eigenvalue weighted by atomic mass is 10.1. The molecule has 1 atom stereocenters. The summed E-state index contributed by atoms with van der Waals surface area (Å²) in [6, 6.07) is 20.0. The predicted molar refractivity (Wildman–Crippen MR) is 123 cm³/mol. The van der Waals surface area contributed by atoms with Gasteiger partial charge in [0.05, 0.1) is 21.7 Å². The topological polar surface area (TPSA) is 58.6 Å². The first-order chi connectivity index (χ1) is 14.9. The first-order valence-electron chi connectivity index (χ1n) is 9.80. The molecule has 7 heteroatoms. The van der Waals surface area contributed by atoms with Gasteiger partial charge >= 0.3 is 0 Å². The fraction of sp³-hybridized carbons (Fsp3) is 0.167. The lowest BCUT2D eigenvalue weighted by Crippen LogP contribution is -2.28. The Morgan fingerprint density at radius 2 is 1.65 bits per heavy atom. The summed E-state index contributed by atoms with van der Waals surface area (Å²) in [5.74, 6) is 0.546. The summed E-state index contributed by atoms with van der Waals surface area (Å²) in [4.78, 5) is 26.7. The highest BCUT2D eigenvalue weighted by atomic mass is 35.5. The van der Waals surface area contributed by atoms with E-state index in [-0.39, 0.29) is 24.8 Å². The molecule has 0 saturated carbocycles. The molecule has 3 aromatic carbocycles. The van der Waals surface area contributed by atoms with Gasteiger partial charge in [0, 0.05) is 18.7 Å². The third kappa shape index (κ3) is 4.84. The highest BCUT2D eigenvalue weighted by Gasteiger charge is 2.36. The molecular weight excluding hydrogens is 435 g/mol. The average molecular weight is 455 g/mol. The molecule has 1 aliphatic heterocycles. The van der Waals surface area contributed by atoms with Crippen LogP contribution in [0.1, 0.15) is 12.0 Å². The van der Waals surface area contributed by atoms with E-state index in [9.17, 15) is 9.59 Å². The van der Waals surface area contributed by atoms with Gasteiger partial charge in [0.15, 0.2) is 0 Å². The Hall–Kier alpha value is -3.02. The van der Waals surface area contributed by atoms with E-state index in [1.165, 1.54) is 4.90 Å². The van der Waals surface area contributed by atoms with E-state index in [0.717, 1.165) is 11.3 Å². The van der Waals surface area contributed by atoms with E-state index in [1.54, 1.807) is 42.5 Å². The van der Waals surface area contributed by atoms with E-state index in [0.29, 0.717) is 27.2 Å². The van der Waals surface area contributed by atoms with E-state index >= 15 is 0 Å². The van der Waals surface area contributed by atoms with Crippen molar-refractivity contribution in [3.8, 4) is 11.5 Å². The lowest BCUT2D eigenvalue weighted by molar-refractivity contribution is -0.122. The Bertz CT molecular complexity index is 1110. The van der Waals surface area contributed by atoms with Crippen LogP contribution in [0.3, 0.4) is 0 Å². The van der Waals surface area contributed by atoms with Gasteiger partial charge in [-0.25, -0.2) is 0 Å². The molecule has 3 aromatic rings. The number of hydrogen-bond donors (Lipinski definition) is 1. The molecule has 0 radical (unpaired) electrons. The van der Waals surface area contributed by atoms with Gasteiger partial charge in [-0.2, -0.15) is 0 Å². The van der Waals surface area contributed by atoms with Crippen molar-refractivity contribution in [2.45, 2.75) is 13.3 Å². The van der Waals surface area contributed by atoms with Crippen molar-refractivity contribution in [1.29, 1.82) is 0 Å². The van der Waals surface area contributed by atoms with E-state index in [2.05, 4.69) is 5.32 Å². The Morgan fingerprint density at radius 3 is 2.32 bits per heavy atom. The molecule has 0 aromatic heterocycles. The molecule has 158 valence electrons. The fourth-order valence-electron chi connectivity index (χ4n) is 3.41. The molecule has 0 unspecified atom stereocenters. The Balaban J connectivity index is 1.38. The second kappa shape index (κ2) is 9.00. The second-order valence-corrected chi connectivity index (χ2v) is 8.19. The largest absolute Gasteiger partial charge is 0.457 e. The number of benzene rings is 3. The van der Waals surface area contributed by atoms with Gasteiger partial charge in [0.25, 0.3) is 0 Å². The van der Waals surface area contributed by atoms with Crippen molar-refractivity contribution in [2.75, 3.05) is 16.8 Å². The van der Waals surface area contributed by atoms with Crippen molar-refractivity contribution in [2.24, 2.45) is 5.92 Å². The van der Waals surface area contributed by atoms with Gasteiger partial charge < -0.3 is 15.0 Å². The zero-order chi connectivity index (χ0) is 22.0. The first-order valence-corrected chi connectivity index (χ1v) is 10.6. The zero-order valence-electron chi connectivity index (χ0n) is 16.8. The molecule has 1 fully saturated rings. The van der Waals surface area contributed by atoms with Crippen LogP contribution in [-0.2, 0) is 9.59 Å². The molecule has 31 heavy (non-hydrogen) atoms. The molecule has 0 spiro atoms. The predicted octanol–water partition coefficient (Wildman–Crippen LogP) is 6.09. The SMILES string of the molecule is Cc1ccc(Oc2ccc(NC(=O)[C@@H]3CC(=O)N(c4cccc(Cl)c4Cl)C3)cc2)cc1. The maximum atomic E-state index is 12.7. The maximum absolute atomic E-state index is 12.7. The molecule has 5 nitrogen and oxygen atoms in total. The average Bonchev–Trinajstić information content (AvgIpc) is 3.15. The number of hydrogen-bond acceptors (Lipinski definition) is 3. The van der Waals surface area contributed by atoms with E-state index < -0.39 is 5.92 Å². The minimum absolute atomic E-state index is 0.114. The van der Waals surface area contributed by atoms with E-state index in [1.807, 2.05) is 31.2 Å². The van der Waals surface area contributed by atoms with Crippen LogP contribution in [0.4, 0.5) is 11.4 Å². The number of nitrogens with zero attached hydrogens (tertiary/aromatic N) is 1. The first kappa shape index (κ1) is 21.2. The standard InChI is InChI=1S/C24H20Cl2N2O3/c1-15-5-9-18(10-6-15)31-19-11-7-17(8-12-19)27-24(30)16-13-22(29)28(14-16)21-4-2-3-20(25)23(21)26/h2-12,16H,13-14H2,1H3,(H,27,30)/t16-/m1/s1. The van der Waals surface area contributed by atoms with Crippen LogP contribution < -0.4 is 15.0 Å². The van der Waals surface area contributed by atoms with Crippen LogP contribution in [0.25, 0.3) is 0 Å². The highest BCUT2D eigenvalue weighted by molar-refractivity contribution is 6.44. The summed E-state index contributed by atoms with van der Waals surface area (Å²) in [7, 11) is 0. The minimum atomic E-state index is -0.481. The van der Waals surface area contributed by atoms with Gasteiger partial charge in [0.1, 0.15) is 11.5 Å². The molecule has 4 rings (SSSR count). The van der Waals surface area contributed by atoms with Crippen molar-refractivity contribution >= 4 is 46.4 Å². The second-order valence-electron chi connectivity index (χ2n) is 7.41. The third-order valence-corrected chi connectivity index (χ3v) is 5.91. The van der Waals surface area contributed by atoms with Crippen molar-refractivity contribution in [3.63, 3.8) is 0 Å². The van der Waals surface area contributed by atoms with Crippen LogP contribution in [0.2, 0.25) is 10.0 Å². The molecule has 0 aliphatic carbocycles. The number of aryl methyl sites for hydroxylation is 1. The number of nitrogens with one attached hydrogen (secondary N) is 1. The zero-order valence-corrected chi connectivity index (χ0v) is 18.3. The smallest absolute Gasteiger partial charge is 0.229 e. The van der Waals surface area contributed by atoms with Crippen LogP contribution in [0.5, 0.6) is 11.5 Å². The normalized spacial score (nSPS) is 15.8. The van der Waals surface area contributed by atoms with Gasteiger partial charge in [-0.3, -0.25) is 9.59 Å². The minimum Gasteiger partial charge on any atom is -0.457 e. The molecule has 2 amide bonds. The number of anilines is 2. The van der Waals surface area contributed by atoms with Crippen LogP contribution in [-0.4, -0.2) is 18.4 Å². The highest BCUT2D eigenvalue weighted by Crippen LogP contribution is 2.36. The van der Waals surface area contributed by atoms with Crippen LogP contribution >= 0.6 is 23.2 Å². The Kier molecular flexibility index (Phi) is 6.16. The summed E-state index contributed by atoms with van der Waals surface area (Å²) in [5, 5.41) is 3.54. The van der Waals surface area contributed by atoms with Gasteiger partial charge in [0.2, 0.25) is 11.8 Å². The quantitative estimate of drug-likeness (QED) is 0.507. The summed E-state index contributed by atoms with van der Waals surface area (Å²) in [6.45, 7) is 2.27. The number of carbonyl (C=O) groups is 2. The number of halogens is 2. The summed E-state index contributed by atoms with van der Waals surface area (Å²) < 4.78 is 5.80. The lowest BCUT2D eigenvalue weighted by Gasteiger charge is -2.18. The molecule has 1 N–H and O–H groups in total. The molecular formula is C24H20Cl2N2O3. The maximum Gasteiger partial charge on any atom is 0.229 e. The molecule has 1 heterocycles. The summed E-state index contributed by atoms with van der Waals surface area (Å²) >= 11 is 12.3. The third-order valence-electron chi connectivity index (χ3n) is 5.10. The summed E-state index contributed by atoms with van der Waals surface area (Å²) in [5.41, 5.74) is 2.31. The van der Waals surface area contributed by atoms with Crippen molar-refractivity contribution in [3.05, 3.63) is 82.3 Å². The van der Waals surface area contributed by atoms with Crippen molar-refractivity contribution in [1.82, 2.24) is 0 Å². The van der Waals surface area contributed by atoms with E-state index in [4.69, 9.17) is 27.9 Å². The van der Waals surface area contributed by atoms with Crippen LogP contribution in [0.15, 0.2) is 66.7 Å². The molecule has 1 aliphatic rings. The summed E-state index contributed by atoms with van der Waals surface area (Å²) in [6.07, 6.45) is 0.114. The molecule has 1 saturated heterocycles. The molecule has 0 bridgehead atoms. The number of rotatable bonds is 5. The number of amides is 2. The van der Waals surface area contributed by atoms with Gasteiger partial charge in [-0.15, -0.1) is 0 Å². The van der Waals surface area contributed by atoms with Gasteiger partial charge in [-0.1, -0.05) is 47.0 Å². The number of ether oxygens (including phenoxy) is 1. The Labute approximate surface area is 190 Å².